The van der Waals surface area contributed by atoms with Gasteiger partial charge in [-0.15, -0.1) is 10.2 Å². The van der Waals surface area contributed by atoms with Gasteiger partial charge < -0.3 is 4.74 Å². The summed E-state index contributed by atoms with van der Waals surface area (Å²) in [5, 5.41) is 9.66. The van der Waals surface area contributed by atoms with Crippen LogP contribution in [0.2, 0.25) is 0 Å². The lowest BCUT2D eigenvalue weighted by Gasteiger charge is -2.26. The summed E-state index contributed by atoms with van der Waals surface area (Å²) in [7, 11) is 1.62. The van der Waals surface area contributed by atoms with Gasteiger partial charge in [0.1, 0.15) is 11.6 Å². The fourth-order valence-corrected chi connectivity index (χ4v) is 4.86. The summed E-state index contributed by atoms with van der Waals surface area (Å²) in [6.07, 6.45) is 3.65. The molecule has 168 valence electrons. The van der Waals surface area contributed by atoms with Gasteiger partial charge in [-0.3, -0.25) is 14.3 Å². The van der Waals surface area contributed by atoms with Gasteiger partial charge in [0.25, 0.3) is 0 Å². The third kappa shape index (κ3) is 5.19. The number of aromatic nitrogens is 3. The number of ether oxygens (including phenoxy) is 1. The van der Waals surface area contributed by atoms with Gasteiger partial charge in [-0.1, -0.05) is 18.2 Å². The summed E-state index contributed by atoms with van der Waals surface area (Å²) >= 11 is 1.52. The Bertz CT molecular complexity index is 1080. The van der Waals surface area contributed by atoms with E-state index in [2.05, 4.69) is 15.1 Å². The van der Waals surface area contributed by atoms with Crippen molar-refractivity contribution < 1.29 is 13.9 Å². The Morgan fingerprint density at radius 2 is 1.84 bits per heavy atom. The molecule has 0 aliphatic carbocycles. The van der Waals surface area contributed by atoms with Crippen LogP contribution in [0.3, 0.4) is 0 Å². The number of ketones is 1. The Balaban J connectivity index is 1.63. The largest absolute Gasteiger partial charge is 0.496 e. The molecule has 0 radical (unpaired) electrons. The zero-order chi connectivity index (χ0) is 22.5. The first-order chi connectivity index (χ1) is 15.5. The van der Waals surface area contributed by atoms with Crippen LogP contribution in [-0.4, -0.2) is 45.6 Å². The highest BCUT2D eigenvalue weighted by Gasteiger charge is 2.19. The van der Waals surface area contributed by atoms with Gasteiger partial charge in [-0.2, -0.15) is 0 Å². The van der Waals surface area contributed by atoms with Crippen LogP contribution in [0.5, 0.6) is 5.75 Å². The quantitative estimate of drug-likeness (QED) is 0.357. The monoisotopic (exact) mass is 454 g/mol. The fourth-order valence-electron chi connectivity index (χ4n) is 3.92. The number of methoxy groups -OCH3 is 1. The van der Waals surface area contributed by atoms with E-state index in [9.17, 15) is 9.18 Å². The summed E-state index contributed by atoms with van der Waals surface area (Å²) in [5.74, 6) is 1.86. The molecule has 0 spiro atoms. The number of hydrogen-bond donors (Lipinski definition) is 0. The molecule has 0 bridgehead atoms. The zero-order valence-corrected chi connectivity index (χ0v) is 19.2. The van der Waals surface area contributed by atoms with E-state index in [4.69, 9.17) is 4.74 Å². The smallest absolute Gasteiger partial charge is 0.196 e. The molecule has 2 heterocycles. The predicted molar refractivity (Wildman–Crippen MR) is 123 cm³/mol. The molecule has 1 aromatic heterocycles. The molecule has 1 saturated heterocycles. The van der Waals surface area contributed by atoms with Crippen molar-refractivity contribution >= 4 is 17.5 Å². The molecular weight excluding hydrogens is 427 g/mol. The van der Waals surface area contributed by atoms with Crippen molar-refractivity contribution in [1.29, 1.82) is 0 Å². The molecule has 4 rings (SSSR count). The number of piperidine rings is 1. The topological polar surface area (TPSA) is 60.2 Å². The van der Waals surface area contributed by atoms with E-state index in [1.54, 1.807) is 32.2 Å². The number of carbonyl (C=O) groups excluding carboxylic acids is 1. The van der Waals surface area contributed by atoms with Gasteiger partial charge in [-0.05, 0) is 75.3 Å². The fraction of sp³-hybridized carbons (Fsp3) is 0.375. The number of likely N-dealkylation sites (tertiary alicyclic amines) is 1. The number of nitrogens with zero attached hydrogens (tertiary/aromatic N) is 4. The van der Waals surface area contributed by atoms with Crippen molar-refractivity contribution in [2.45, 2.75) is 43.6 Å². The number of Topliss-reactive ketones (excluding diaryl/α,β-unsaturated/α-hetero) is 1. The number of rotatable bonds is 8. The molecule has 0 unspecified atom stereocenters. The standard InChI is InChI=1S/C24H27FN4O2S/c1-17(30)18-6-11-22(31-2)19(14-18)16-32-24-27-26-23(15-28-12-4-3-5-13-28)29(24)21-9-7-20(25)8-10-21/h6-11,14H,3-5,12-13,15-16H2,1-2H3. The second kappa shape index (κ2) is 10.3. The number of halogens is 1. The first kappa shape index (κ1) is 22.5. The zero-order valence-electron chi connectivity index (χ0n) is 18.4. The highest BCUT2D eigenvalue weighted by atomic mass is 32.2. The first-order valence-electron chi connectivity index (χ1n) is 10.8. The Morgan fingerprint density at radius 3 is 2.53 bits per heavy atom. The van der Waals surface area contributed by atoms with Crippen molar-refractivity contribution in [3.63, 3.8) is 0 Å². The van der Waals surface area contributed by atoms with Crippen LogP contribution in [0, 0.1) is 5.82 Å². The molecule has 3 aromatic rings. The number of thioether (sulfide) groups is 1. The van der Waals surface area contributed by atoms with Gasteiger partial charge in [0.15, 0.2) is 16.8 Å². The second-order valence-electron chi connectivity index (χ2n) is 7.92. The minimum Gasteiger partial charge on any atom is -0.496 e. The van der Waals surface area contributed by atoms with Crippen LogP contribution in [-0.2, 0) is 12.3 Å². The number of carbonyl (C=O) groups is 1. The van der Waals surface area contributed by atoms with E-state index in [0.29, 0.717) is 17.9 Å². The third-order valence-electron chi connectivity index (χ3n) is 5.64. The first-order valence-corrected chi connectivity index (χ1v) is 11.8. The normalized spacial score (nSPS) is 14.5. The molecule has 0 amide bonds. The average molecular weight is 455 g/mol. The summed E-state index contributed by atoms with van der Waals surface area (Å²) in [6.45, 7) is 4.35. The Labute approximate surface area is 191 Å². The summed E-state index contributed by atoms with van der Waals surface area (Å²) in [5.41, 5.74) is 2.39. The molecule has 0 N–H and O–H groups in total. The number of hydrogen-bond acceptors (Lipinski definition) is 6. The molecule has 0 saturated carbocycles. The molecule has 1 fully saturated rings. The average Bonchev–Trinajstić information content (AvgIpc) is 3.20. The van der Waals surface area contributed by atoms with Crippen LogP contribution in [0.15, 0.2) is 47.6 Å². The highest BCUT2D eigenvalue weighted by molar-refractivity contribution is 7.98. The third-order valence-corrected chi connectivity index (χ3v) is 6.62. The lowest BCUT2D eigenvalue weighted by molar-refractivity contribution is 0.101. The van der Waals surface area contributed by atoms with E-state index in [1.807, 2.05) is 16.7 Å². The van der Waals surface area contributed by atoms with Gasteiger partial charge in [-0.25, -0.2) is 4.39 Å². The van der Waals surface area contributed by atoms with Crippen LogP contribution in [0.1, 0.15) is 47.9 Å². The van der Waals surface area contributed by atoms with Crippen molar-refractivity contribution in [3.8, 4) is 11.4 Å². The van der Waals surface area contributed by atoms with E-state index in [0.717, 1.165) is 41.1 Å². The van der Waals surface area contributed by atoms with Gasteiger partial charge in [0.2, 0.25) is 0 Å². The Morgan fingerprint density at radius 1 is 1.09 bits per heavy atom. The van der Waals surface area contributed by atoms with E-state index >= 15 is 0 Å². The second-order valence-corrected chi connectivity index (χ2v) is 8.86. The molecular formula is C24H27FN4O2S. The van der Waals surface area contributed by atoms with Gasteiger partial charge >= 0.3 is 0 Å². The maximum atomic E-state index is 13.6. The lowest BCUT2D eigenvalue weighted by Crippen LogP contribution is -2.30. The van der Waals surface area contributed by atoms with Gasteiger partial charge in [0, 0.05) is 22.6 Å². The molecule has 0 atom stereocenters. The summed E-state index contributed by atoms with van der Waals surface area (Å²) in [4.78, 5) is 14.2. The number of benzene rings is 2. The molecule has 1 aliphatic heterocycles. The molecule has 2 aromatic carbocycles. The molecule has 8 heteroatoms. The minimum absolute atomic E-state index is 0.0113. The Kier molecular flexibility index (Phi) is 7.22. The lowest BCUT2D eigenvalue weighted by atomic mass is 10.1. The van der Waals surface area contributed by atoms with Crippen molar-refractivity contribution in [2.24, 2.45) is 0 Å². The Hall–Kier alpha value is -2.71. The van der Waals surface area contributed by atoms with Crippen molar-refractivity contribution in [1.82, 2.24) is 19.7 Å². The summed E-state index contributed by atoms with van der Waals surface area (Å²) in [6, 6.07) is 11.9. The molecule has 6 nitrogen and oxygen atoms in total. The van der Waals surface area contributed by atoms with E-state index < -0.39 is 0 Å². The molecule has 1 aliphatic rings. The predicted octanol–water partition coefficient (Wildman–Crippen LogP) is 4.90. The van der Waals surface area contributed by atoms with Crippen LogP contribution < -0.4 is 4.74 Å². The van der Waals surface area contributed by atoms with Crippen molar-refractivity contribution in [3.05, 3.63) is 65.2 Å². The van der Waals surface area contributed by atoms with Crippen LogP contribution in [0.25, 0.3) is 5.69 Å². The van der Waals surface area contributed by atoms with E-state index in [-0.39, 0.29) is 11.6 Å². The SMILES string of the molecule is COc1ccc(C(C)=O)cc1CSc1nnc(CN2CCCCC2)n1-c1ccc(F)cc1. The maximum Gasteiger partial charge on any atom is 0.196 e. The van der Waals surface area contributed by atoms with Crippen molar-refractivity contribution in [2.75, 3.05) is 20.2 Å². The van der Waals surface area contributed by atoms with Crippen LogP contribution >= 0.6 is 11.8 Å². The summed E-state index contributed by atoms with van der Waals surface area (Å²) < 4.78 is 21.0. The highest BCUT2D eigenvalue weighted by Crippen LogP contribution is 2.30. The maximum absolute atomic E-state index is 13.6. The molecule has 32 heavy (non-hydrogen) atoms. The minimum atomic E-state index is -0.278. The van der Waals surface area contributed by atoms with Gasteiger partial charge in [0.05, 0.1) is 13.7 Å². The van der Waals surface area contributed by atoms with Crippen LogP contribution in [0.4, 0.5) is 4.39 Å². The van der Waals surface area contributed by atoms with E-state index in [1.165, 1.54) is 43.2 Å².